The van der Waals surface area contributed by atoms with Crippen molar-refractivity contribution in [3.8, 4) is 0 Å². The van der Waals surface area contributed by atoms with E-state index < -0.39 is 0 Å². The third-order valence-corrected chi connectivity index (χ3v) is 3.84. The fraction of sp³-hybridized carbons (Fsp3) is 0.286. The second-order valence-electron chi connectivity index (χ2n) is 4.03. The Morgan fingerprint density at radius 1 is 1.25 bits per heavy atom. The molecule has 1 unspecified atom stereocenters. The summed E-state index contributed by atoms with van der Waals surface area (Å²) in [5, 5.41) is 9.63. The molecule has 1 aliphatic carbocycles. The van der Waals surface area contributed by atoms with E-state index in [1.807, 2.05) is 12.2 Å². The van der Waals surface area contributed by atoms with Gasteiger partial charge in [-0.25, -0.2) is 0 Å². The molecule has 1 aliphatic rings. The predicted octanol–water partition coefficient (Wildman–Crippen LogP) is 3.15. The summed E-state index contributed by atoms with van der Waals surface area (Å²) < 4.78 is 0. The molecule has 1 aromatic rings. The van der Waals surface area contributed by atoms with E-state index in [9.17, 15) is 5.11 Å². The molecule has 16 heavy (non-hydrogen) atoms. The molecule has 0 spiro atoms. The van der Waals surface area contributed by atoms with Gasteiger partial charge >= 0.3 is 0 Å². The molecular formula is C14H16OS. The van der Waals surface area contributed by atoms with Crippen molar-refractivity contribution in [2.24, 2.45) is 0 Å². The molecule has 1 atom stereocenters. The average Bonchev–Trinajstić information content (AvgIpc) is 2.39. The summed E-state index contributed by atoms with van der Waals surface area (Å²) in [6.45, 7) is 0.159. The predicted molar refractivity (Wildman–Crippen MR) is 69.9 cm³/mol. The minimum atomic E-state index is -0.217. The first kappa shape index (κ1) is 11.5. The number of aliphatic hydroxyl groups is 1. The summed E-state index contributed by atoms with van der Waals surface area (Å²) in [6, 6.07) is 8.46. The van der Waals surface area contributed by atoms with Crippen LogP contribution in [0.4, 0.5) is 0 Å². The molecule has 1 nitrogen and oxygen atoms in total. The van der Waals surface area contributed by atoms with Crippen molar-refractivity contribution in [2.75, 3.05) is 12.9 Å². The maximum absolute atomic E-state index is 9.63. The molecule has 0 amide bonds. The van der Waals surface area contributed by atoms with E-state index in [-0.39, 0.29) is 12.0 Å². The molecule has 0 heterocycles. The van der Waals surface area contributed by atoms with Crippen molar-refractivity contribution in [1.29, 1.82) is 0 Å². The molecule has 1 aromatic carbocycles. The van der Waals surface area contributed by atoms with Crippen LogP contribution in [0.3, 0.4) is 0 Å². The quantitative estimate of drug-likeness (QED) is 0.808. The molecule has 1 N–H and O–H groups in total. The van der Waals surface area contributed by atoms with E-state index in [1.165, 1.54) is 10.5 Å². The van der Waals surface area contributed by atoms with Crippen molar-refractivity contribution in [2.45, 2.75) is 16.7 Å². The van der Waals surface area contributed by atoms with Crippen LogP contribution in [0, 0.1) is 0 Å². The van der Waals surface area contributed by atoms with Gasteiger partial charge in [0, 0.05) is 10.3 Å². The van der Waals surface area contributed by atoms with Gasteiger partial charge in [-0.3, -0.25) is 0 Å². The first-order valence-corrected chi connectivity index (χ1v) is 6.63. The maximum Gasteiger partial charge on any atom is 0.0565 e. The second-order valence-corrected chi connectivity index (χ2v) is 4.91. The maximum atomic E-state index is 9.63. The van der Waals surface area contributed by atoms with Gasteiger partial charge in [-0.2, -0.15) is 0 Å². The molecule has 0 aromatic heterocycles. The standard InChI is InChI=1S/C14H16OS/c1-16-13-7-5-12(6-8-13)14(11-15)9-3-2-4-10-14/h2-9,15H,10-11H2,1H3. The first-order valence-electron chi connectivity index (χ1n) is 5.40. The smallest absolute Gasteiger partial charge is 0.0565 e. The Morgan fingerprint density at radius 3 is 2.50 bits per heavy atom. The SMILES string of the molecule is CSc1ccc(C2(CO)C=CC=CC2)cc1. The van der Waals surface area contributed by atoms with Crippen LogP contribution in [0.1, 0.15) is 12.0 Å². The highest BCUT2D eigenvalue weighted by atomic mass is 32.2. The van der Waals surface area contributed by atoms with Crippen molar-refractivity contribution < 1.29 is 5.11 Å². The third-order valence-electron chi connectivity index (χ3n) is 3.09. The van der Waals surface area contributed by atoms with Crippen molar-refractivity contribution >= 4 is 11.8 Å². The fourth-order valence-electron chi connectivity index (χ4n) is 2.01. The number of benzene rings is 1. The Labute approximate surface area is 101 Å². The van der Waals surface area contributed by atoms with E-state index >= 15 is 0 Å². The molecule has 2 heteroatoms. The number of thioether (sulfide) groups is 1. The lowest BCUT2D eigenvalue weighted by molar-refractivity contribution is 0.225. The summed E-state index contributed by atoms with van der Waals surface area (Å²) in [6.07, 6.45) is 11.2. The summed E-state index contributed by atoms with van der Waals surface area (Å²) >= 11 is 1.74. The highest BCUT2D eigenvalue weighted by Gasteiger charge is 2.28. The van der Waals surface area contributed by atoms with Crippen LogP contribution in [0.25, 0.3) is 0 Å². The van der Waals surface area contributed by atoms with E-state index in [1.54, 1.807) is 11.8 Å². The van der Waals surface area contributed by atoms with Crippen LogP contribution in [-0.4, -0.2) is 18.0 Å². The lowest BCUT2D eigenvalue weighted by Crippen LogP contribution is -2.28. The Hall–Kier alpha value is -0.990. The van der Waals surface area contributed by atoms with Gasteiger partial charge in [0.25, 0.3) is 0 Å². The van der Waals surface area contributed by atoms with Gasteiger partial charge in [-0.15, -0.1) is 11.8 Å². The summed E-state index contributed by atoms with van der Waals surface area (Å²) in [4.78, 5) is 1.26. The molecule has 0 aliphatic heterocycles. The van der Waals surface area contributed by atoms with Crippen LogP contribution in [-0.2, 0) is 5.41 Å². The Bertz CT molecular complexity index is 405. The zero-order chi connectivity index (χ0) is 11.4. The number of rotatable bonds is 3. The normalized spacial score (nSPS) is 23.6. The Kier molecular flexibility index (Phi) is 3.52. The topological polar surface area (TPSA) is 20.2 Å². The molecule has 2 rings (SSSR count). The lowest BCUT2D eigenvalue weighted by Gasteiger charge is -2.29. The highest BCUT2D eigenvalue weighted by molar-refractivity contribution is 7.98. The van der Waals surface area contributed by atoms with Crippen LogP contribution in [0.2, 0.25) is 0 Å². The van der Waals surface area contributed by atoms with Crippen LogP contribution in [0.5, 0.6) is 0 Å². The first-order chi connectivity index (χ1) is 7.80. The Balaban J connectivity index is 2.33. The fourth-order valence-corrected chi connectivity index (χ4v) is 2.42. The minimum absolute atomic E-state index is 0.159. The van der Waals surface area contributed by atoms with Gasteiger partial charge in [-0.05, 0) is 30.4 Å². The molecular weight excluding hydrogens is 216 g/mol. The molecule has 84 valence electrons. The van der Waals surface area contributed by atoms with E-state index in [4.69, 9.17) is 0 Å². The summed E-state index contributed by atoms with van der Waals surface area (Å²) in [7, 11) is 0. The van der Waals surface area contributed by atoms with E-state index in [2.05, 4.69) is 42.7 Å². The Morgan fingerprint density at radius 2 is 2.00 bits per heavy atom. The summed E-state index contributed by atoms with van der Waals surface area (Å²) in [5.74, 6) is 0. The highest BCUT2D eigenvalue weighted by Crippen LogP contribution is 2.33. The average molecular weight is 232 g/mol. The van der Waals surface area contributed by atoms with Crippen LogP contribution >= 0.6 is 11.8 Å². The number of allylic oxidation sites excluding steroid dienone is 3. The molecule has 0 radical (unpaired) electrons. The van der Waals surface area contributed by atoms with Crippen LogP contribution in [0.15, 0.2) is 53.5 Å². The number of aliphatic hydroxyl groups excluding tert-OH is 1. The van der Waals surface area contributed by atoms with Gasteiger partial charge < -0.3 is 5.11 Å². The van der Waals surface area contributed by atoms with Gasteiger partial charge in [0.2, 0.25) is 0 Å². The van der Waals surface area contributed by atoms with Crippen molar-refractivity contribution in [3.63, 3.8) is 0 Å². The molecule has 0 bridgehead atoms. The van der Waals surface area contributed by atoms with Crippen molar-refractivity contribution in [1.82, 2.24) is 0 Å². The van der Waals surface area contributed by atoms with Crippen LogP contribution < -0.4 is 0 Å². The number of hydrogen-bond donors (Lipinski definition) is 1. The largest absolute Gasteiger partial charge is 0.395 e. The van der Waals surface area contributed by atoms with E-state index in [0.717, 1.165) is 6.42 Å². The monoisotopic (exact) mass is 232 g/mol. The number of hydrogen-bond acceptors (Lipinski definition) is 2. The van der Waals surface area contributed by atoms with E-state index in [0.29, 0.717) is 0 Å². The molecule has 0 fully saturated rings. The third kappa shape index (κ3) is 2.08. The zero-order valence-electron chi connectivity index (χ0n) is 9.39. The summed E-state index contributed by atoms with van der Waals surface area (Å²) in [5.41, 5.74) is 0.972. The zero-order valence-corrected chi connectivity index (χ0v) is 10.2. The second kappa shape index (κ2) is 4.89. The molecule has 0 saturated carbocycles. The molecule has 0 saturated heterocycles. The van der Waals surface area contributed by atoms with Gasteiger partial charge in [-0.1, -0.05) is 36.4 Å². The van der Waals surface area contributed by atoms with Gasteiger partial charge in [0.05, 0.1) is 6.61 Å². The lowest BCUT2D eigenvalue weighted by atomic mass is 9.76. The van der Waals surface area contributed by atoms with Gasteiger partial charge in [0.15, 0.2) is 0 Å². The van der Waals surface area contributed by atoms with Crippen molar-refractivity contribution in [3.05, 3.63) is 54.1 Å². The minimum Gasteiger partial charge on any atom is -0.395 e. The van der Waals surface area contributed by atoms with Gasteiger partial charge in [0.1, 0.15) is 0 Å².